The molecule has 0 radical (unpaired) electrons. The molecule has 82 valence electrons. The predicted octanol–water partition coefficient (Wildman–Crippen LogP) is 0.0537. The smallest absolute Gasteiger partial charge is 0.275 e. The highest BCUT2D eigenvalue weighted by Gasteiger charge is 2.09. The molecule has 3 N–H and O–H groups in total. The van der Waals surface area contributed by atoms with Crippen LogP contribution in [-0.4, -0.2) is 26.1 Å². The van der Waals surface area contributed by atoms with Crippen LogP contribution in [0.4, 0.5) is 5.69 Å². The Morgan fingerprint density at radius 3 is 2.81 bits per heavy atom. The third-order valence-electron chi connectivity index (χ3n) is 1.98. The number of hydrogen-bond acceptors (Lipinski definition) is 4. The summed E-state index contributed by atoms with van der Waals surface area (Å²) in [6.45, 7) is 1.78. The molecular weight excluding hydrogens is 210 g/mol. The lowest BCUT2D eigenvalue weighted by atomic mass is 10.3. The van der Waals surface area contributed by atoms with Crippen molar-refractivity contribution in [2.45, 2.75) is 6.92 Å². The van der Waals surface area contributed by atoms with Crippen molar-refractivity contribution in [3.05, 3.63) is 40.3 Å². The number of nitrogens with one attached hydrogen (secondary N) is 3. The second-order valence-electron chi connectivity index (χ2n) is 3.16. The maximum atomic E-state index is 11.6. The SMILES string of the molecule is Cc1[nH]ncc1NC(=O)c1c[nH]c(=O)cn1. The Kier molecular flexibility index (Phi) is 2.50. The summed E-state index contributed by atoms with van der Waals surface area (Å²) in [5.41, 5.74) is 1.12. The minimum atomic E-state index is -0.402. The van der Waals surface area contributed by atoms with Crippen LogP contribution in [0.3, 0.4) is 0 Å². The van der Waals surface area contributed by atoms with E-state index in [4.69, 9.17) is 0 Å². The molecule has 2 heterocycles. The predicted molar refractivity (Wildman–Crippen MR) is 56.1 cm³/mol. The van der Waals surface area contributed by atoms with Gasteiger partial charge in [-0.05, 0) is 6.92 Å². The van der Waals surface area contributed by atoms with Crippen LogP contribution in [0.5, 0.6) is 0 Å². The topological polar surface area (TPSA) is 104 Å². The summed E-state index contributed by atoms with van der Waals surface area (Å²) < 4.78 is 0. The normalized spacial score (nSPS) is 10.1. The monoisotopic (exact) mass is 219 g/mol. The Morgan fingerprint density at radius 1 is 1.44 bits per heavy atom. The van der Waals surface area contributed by atoms with Crippen LogP contribution >= 0.6 is 0 Å². The Balaban J connectivity index is 2.18. The van der Waals surface area contributed by atoms with Gasteiger partial charge < -0.3 is 10.3 Å². The van der Waals surface area contributed by atoms with Crippen LogP contribution in [0, 0.1) is 6.92 Å². The van der Waals surface area contributed by atoms with Crippen molar-refractivity contribution >= 4 is 11.6 Å². The molecule has 0 aliphatic carbocycles. The first-order valence-electron chi connectivity index (χ1n) is 4.53. The second kappa shape index (κ2) is 3.97. The molecule has 0 aliphatic heterocycles. The zero-order chi connectivity index (χ0) is 11.5. The molecule has 0 atom stereocenters. The standard InChI is InChI=1S/C9H9N5O2/c1-5-6(3-12-14-5)13-9(16)7-2-11-8(15)4-10-7/h2-4H,1H3,(H,11,15)(H,12,14)(H,13,16). The third-order valence-corrected chi connectivity index (χ3v) is 1.98. The molecule has 0 unspecified atom stereocenters. The number of carbonyl (C=O) groups excluding carboxylic acids is 1. The van der Waals surface area contributed by atoms with Crippen LogP contribution in [0.2, 0.25) is 0 Å². The average molecular weight is 219 g/mol. The summed E-state index contributed by atoms with van der Waals surface area (Å²) in [7, 11) is 0. The fourth-order valence-corrected chi connectivity index (χ4v) is 1.13. The maximum absolute atomic E-state index is 11.6. The average Bonchev–Trinajstić information content (AvgIpc) is 2.65. The molecule has 0 aliphatic rings. The van der Waals surface area contributed by atoms with Gasteiger partial charge in [0.25, 0.3) is 11.5 Å². The zero-order valence-electron chi connectivity index (χ0n) is 8.44. The van der Waals surface area contributed by atoms with Gasteiger partial charge in [-0.3, -0.25) is 14.7 Å². The summed E-state index contributed by atoms with van der Waals surface area (Å²) in [6.07, 6.45) is 3.81. The van der Waals surface area contributed by atoms with Gasteiger partial charge in [0.05, 0.1) is 23.8 Å². The second-order valence-corrected chi connectivity index (χ2v) is 3.16. The minimum absolute atomic E-state index is 0.139. The number of anilines is 1. The molecule has 7 nitrogen and oxygen atoms in total. The molecule has 16 heavy (non-hydrogen) atoms. The molecule has 0 aromatic carbocycles. The first kappa shape index (κ1) is 10.1. The molecular formula is C9H9N5O2. The quantitative estimate of drug-likeness (QED) is 0.664. The van der Waals surface area contributed by atoms with Crippen LogP contribution in [0.25, 0.3) is 0 Å². The number of amides is 1. The molecule has 2 aromatic heterocycles. The van der Waals surface area contributed by atoms with E-state index >= 15 is 0 Å². The number of hydrogen-bond donors (Lipinski definition) is 3. The van der Waals surface area contributed by atoms with Crippen molar-refractivity contribution in [2.75, 3.05) is 5.32 Å². The van der Waals surface area contributed by atoms with Crippen LogP contribution in [-0.2, 0) is 0 Å². The molecule has 2 rings (SSSR count). The summed E-state index contributed by atoms with van der Waals surface area (Å²) in [5.74, 6) is -0.402. The van der Waals surface area contributed by atoms with Gasteiger partial charge in [0, 0.05) is 6.20 Å². The highest BCUT2D eigenvalue weighted by molar-refractivity contribution is 6.02. The van der Waals surface area contributed by atoms with E-state index in [2.05, 4.69) is 25.5 Å². The largest absolute Gasteiger partial charge is 0.325 e. The van der Waals surface area contributed by atoms with Crippen molar-refractivity contribution < 1.29 is 4.79 Å². The minimum Gasteiger partial charge on any atom is -0.325 e. The Hall–Kier alpha value is -2.44. The van der Waals surface area contributed by atoms with Gasteiger partial charge >= 0.3 is 0 Å². The molecule has 0 saturated heterocycles. The summed E-state index contributed by atoms with van der Waals surface area (Å²) >= 11 is 0. The van der Waals surface area contributed by atoms with E-state index in [0.717, 1.165) is 11.9 Å². The van der Waals surface area contributed by atoms with Gasteiger partial charge in [-0.2, -0.15) is 5.10 Å². The summed E-state index contributed by atoms with van der Waals surface area (Å²) in [5, 5.41) is 9.06. The molecule has 0 saturated carbocycles. The molecule has 1 amide bonds. The third kappa shape index (κ3) is 1.97. The highest BCUT2D eigenvalue weighted by Crippen LogP contribution is 2.10. The van der Waals surface area contributed by atoms with Crippen LogP contribution < -0.4 is 10.9 Å². The number of rotatable bonds is 2. The van der Waals surface area contributed by atoms with Gasteiger partial charge in [-0.1, -0.05) is 0 Å². The number of aromatic amines is 2. The molecule has 7 heteroatoms. The number of aromatic nitrogens is 4. The lowest BCUT2D eigenvalue weighted by Gasteiger charge is -2.01. The van der Waals surface area contributed by atoms with Gasteiger partial charge in [-0.15, -0.1) is 0 Å². The van der Waals surface area contributed by atoms with E-state index < -0.39 is 5.91 Å². The molecule has 0 spiro atoms. The number of carbonyl (C=O) groups is 1. The number of H-pyrrole nitrogens is 2. The first-order valence-corrected chi connectivity index (χ1v) is 4.53. The van der Waals surface area contributed by atoms with E-state index in [-0.39, 0.29) is 11.3 Å². The number of aryl methyl sites for hydroxylation is 1. The molecule has 0 fully saturated rings. The Bertz CT molecular complexity index is 551. The first-order chi connectivity index (χ1) is 7.66. The lowest BCUT2D eigenvalue weighted by molar-refractivity contribution is 0.102. The van der Waals surface area contributed by atoms with Gasteiger partial charge in [0.1, 0.15) is 5.69 Å². The van der Waals surface area contributed by atoms with Crippen LogP contribution in [0.15, 0.2) is 23.4 Å². The molecule has 2 aromatic rings. The Labute approximate surface area is 89.9 Å². The van der Waals surface area contributed by atoms with E-state index in [9.17, 15) is 9.59 Å². The fraction of sp³-hybridized carbons (Fsp3) is 0.111. The lowest BCUT2D eigenvalue weighted by Crippen LogP contribution is -2.17. The van der Waals surface area contributed by atoms with Crippen molar-refractivity contribution in [1.82, 2.24) is 20.2 Å². The van der Waals surface area contributed by atoms with Gasteiger partial charge in [0.15, 0.2) is 0 Å². The van der Waals surface area contributed by atoms with Crippen molar-refractivity contribution in [1.29, 1.82) is 0 Å². The summed E-state index contributed by atoms with van der Waals surface area (Å²) in [4.78, 5) is 28.5. The Morgan fingerprint density at radius 2 is 2.25 bits per heavy atom. The van der Waals surface area contributed by atoms with Gasteiger partial charge in [-0.25, -0.2) is 4.98 Å². The van der Waals surface area contributed by atoms with Crippen molar-refractivity contribution in [3.8, 4) is 0 Å². The summed E-state index contributed by atoms with van der Waals surface area (Å²) in [6, 6.07) is 0. The van der Waals surface area contributed by atoms with E-state index in [1.807, 2.05) is 0 Å². The van der Waals surface area contributed by atoms with Gasteiger partial charge in [0.2, 0.25) is 0 Å². The maximum Gasteiger partial charge on any atom is 0.275 e. The van der Waals surface area contributed by atoms with E-state index in [1.165, 1.54) is 12.4 Å². The highest BCUT2D eigenvalue weighted by atomic mass is 16.2. The number of nitrogens with zero attached hydrogens (tertiary/aromatic N) is 2. The van der Waals surface area contributed by atoms with Crippen molar-refractivity contribution in [2.24, 2.45) is 0 Å². The van der Waals surface area contributed by atoms with Crippen LogP contribution in [0.1, 0.15) is 16.2 Å². The van der Waals surface area contributed by atoms with E-state index in [0.29, 0.717) is 5.69 Å². The zero-order valence-corrected chi connectivity index (χ0v) is 8.44. The fourth-order valence-electron chi connectivity index (χ4n) is 1.13. The molecule has 0 bridgehead atoms. The van der Waals surface area contributed by atoms with Crippen molar-refractivity contribution in [3.63, 3.8) is 0 Å². The van der Waals surface area contributed by atoms with E-state index in [1.54, 1.807) is 6.92 Å².